The van der Waals surface area contributed by atoms with Gasteiger partial charge in [0, 0.05) is 24.0 Å². The Labute approximate surface area is 98.3 Å². The van der Waals surface area contributed by atoms with Crippen molar-refractivity contribution in [2.24, 2.45) is 0 Å². The molecule has 1 aromatic carbocycles. The first kappa shape index (κ1) is 11.3. The lowest BCUT2D eigenvalue weighted by atomic mass is 9.90. The van der Waals surface area contributed by atoms with Crippen LogP contribution >= 0.6 is 0 Å². The first-order chi connectivity index (χ1) is 8.13. The van der Waals surface area contributed by atoms with Gasteiger partial charge in [-0.1, -0.05) is 24.3 Å². The van der Waals surface area contributed by atoms with Gasteiger partial charge in [-0.25, -0.2) is 0 Å². The minimum absolute atomic E-state index is 0.0563. The highest BCUT2D eigenvalue weighted by Crippen LogP contribution is 2.34. The van der Waals surface area contributed by atoms with E-state index in [-0.39, 0.29) is 30.0 Å². The highest BCUT2D eigenvalue weighted by molar-refractivity contribution is 5.81. The SMILES string of the molecule is C=CC1NC(=O)CC1c1ccccc1[N+](=O)[O-]. The van der Waals surface area contributed by atoms with Gasteiger partial charge < -0.3 is 5.32 Å². The second-order valence-electron chi connectivity index (χ2n) is 3.96. The van der Waals surface area contributed by atoms with E-state index in [2.05, 4.69) is 11.9 Å². The summed E-state index contributed by atoms with van der Waals surface area (Å²) in [5, 5.41) is 13.7. The van der Waals surface area contributed by atoms with Gasteiger partial charge in [0.25, 0.3) is 5.69 Å². The molecule has 0 radical (unpaired) electrons. The third kappa shape index (κ3) is 2.04. The van der Waals surface area contributed by atoms with Gasteiger partial charge in [-0.05, 0) is 0 Å². The molecular formula is C12H12N2O3. The summed E-state index contributed by atoms with van der Waals surface area (Å²) >= 11 is 0. The van der Waals surface area contributed by atoms with Crippen LogP contribution in [-0.2, 0) is 4.79 Å². The quantitative estimate of drug-likeness (QED) is 0.490. The number of nitro benzene ring substituents is 1. The van der Waals surface area contributed by atoms with Crippen molar-refractivity contribution in [3.63, 3.8) is 0 Å². The van der Waals surface area contributed by atoms with Crippen molar-refractivity contribution in [2.75, 3.05) is 0 Å². The normalized spacial score (nSPS) is 23.2. The van der Waals surface area contributed by atoms with E-state index < -0.39 is 4.92 Å². The topological polar surface area (TPSA) is 72.2 Å². The van der Waals surface area contributed by atoms with Crippen LogP contribution in [0.4, 0.5) is 5.69 Å². The molecule has 0 spiro atoms. The zero-order valence-corrected chi connectivity index (χ0v) is 9.13. The highest BCUT2D eigenvalue weighted by atomic mass is 16.6. The number of amides is 1. The average molecular weight is 232 g/mol. The molecule has 1 aliphatic rings. The Hall–Kier alpha value is -2.17. The minimum atomic E-state index is -0.418. The van der Waals surface area contributed by atoms with Crippen LogP contribution in [0.3, 0.4) is 0 Å². The Morgan fingerprint density at radius 3 is 2.82 bits per heavy atom. The summed E-state index contributed by atoms with van der Waals surface area (Å²) in [5.41, 5.74) is 0.640. The molecule has 17 heavy (non-hydrogen) atoms. The van der Waals surface area contributed by atoms with Crippen molar-refractivity contribution in [3.05, 3.63) is 52.6 Å². The maximum atomic E-state index is 11.3. The number of carbonyl (C=O) groups is 1. The van der Waals surface area contributed by atoms with E-state index in [4.69, 9.17) is 0 Å². The van der Waals surface area contributed by atoms with E-state index in [1.54, 1.807) is 24.3 Å². The summed E-state index contributed by atoms with van der Waals surface area (Å²) in [6.45, 7) is 3.64. The summed E-state index contributed by atoms with van der Waals surface area (Å²) in [5.74, 6) is -0.306. The lowest BCUT2D eigenvalue weighted by molar-refractivity contribution is -0.385. The Bertz CT molecular complexity index is 484. The third-order valence-corrected chi connectivity index (χ3v) is 2.95. The van der Waals surface area contributed by atoms with Gasteiger partial charge in [0.2, 0.25) is 5.91 Å². The predicted octanol–water partition coefficient (Wildman–Crippen LogP) is 1.75. The molecule has 5 nitrogen and oxygen atoms in total. The predicted molar refractivity (Wildman–Crippen MR) is 62.6 cm³/mol. The molecule has 2 rings (SSSR count). The molecule has 2 unspecified atom stereocenters. The monoisotopic (exact) mass is 232 g/mol. The van der Waals surface area contributed by atoms with Gasteiger partial charge in [0.1, 0.15) is 0 Å². The molecule has 1 aromatic rings. The number of benzene rings is 1. The average Bonchev–Trinajstić information content (AvgIpc) is 2.70. The van der Waals surface area contributed by atoms with Crippen LogP contribution in [-0.4, -0.2) is 16.9 Å². The number of carbonyl (C=O) groups excluding carboxylic acids is 1. The van der Waals surface area contributed by atoms with Crippen LogP contribution in [0.25, 0.3) is 0 Å². The second kappa shape index (κ2) is 4.37. The van der Waals surface area contributed by atoms with Gasteiger partial charge in [-0.3, -0.25) is 14.9 Å². The Kier molecular flexibility index (Phi) is 2.91. The number of nitrogens with one attached hydrogen (secondary N) is 1. The Morgan fingerprint density at radius 2 is 2.18 bits per heavy atom. The molecule has 1 amide bonds. The molecule has 0 aliphatic carbocycles. The third-order valence-electron chi connectivity index (χ3n) is 2.95. The molecule has 0 bridgehead atoms. The van der Waals surface area contributed by atoms with E-state index in [0.717, 1.165) is 0 Å². The maximum Gasteiger partial charge on any atom is 0.272 e. The molecule has 2 atom stereocenters. The fraction of sp³-hybridized carbons (Fsp3) is 0.250. The van der Waals surface area contributed by atoms with Crippen LogP contribution in [0.2, 0.25) is 0 Å². The van der Waals surface area contributed by atoms with Crippen molar-refractivity contribution in [3.8, 4) is 0 Å². The summed E-state index contributed by atoms with van der Waals surface area (Å²) in [6.07, 6.45) is 1.88. The van der Waals surface area contributed by atoms with Gasteiger partial charge >= 0.3 is 0 Å². The molecule has 1 aliphatic heterocycles. The molecule has 1 heterocycles. The zero-order chi connectivity index (χ0) is 12.4. The number of hydrogen-bond acceptors (Lipinski definition) is 3. The van der Waals surface area contributed by atoms with Crippen LogP contribution in [0.1, 0.15) is 17.9 Å². The maximum absolute atomic E-state index is 11.3. The van der Waals surface area contributed by atoms with Crippen molar-refractivity contribution in [1.29, 1.82) is 0 Å². The molecule has 1 saturated heterocycles. The van der Waals surface area contributed by atoms with Crippen molar-refractivity contribution in [2.45, 2.75) is 18.4 Å². The number of rotatable bonds is 3. The number of para-hydroxylation sites is 1. The van der Waals surface area contributed by atoms with E-state index in [1.165, 1.54) is 6.07 Å². The van der Waals surface area contributed by atoms with E-state index in [9.17, 15) is 14.9 Å². The molecule has 5 heteroatoms. The van der Waals surface area contributed by atoms with Crippen LogP contribution in [0, 0.1) is 10.1 Å². The van der Waals surface area contributed by atoms with Crippen molar-refractivity contribution < 1.29 is 9.72 Å². The van der Waals surface area contributed by atoms with Gasteiger partial charge in [-0.15, -0.1) is 6.58 Å². The molecule has 0 aromatic heterocycles. The van der Waals surface area contributed by atoms with Crippen molar-refractivity contribution >= 4 is 11.6 Å². The molecule has 1 fully saturated rings. The standard InChI is InChI=1S/C12H12N2O3/c1-2-10-9(7-12(15)13-10)8-5-3-4-6-11(8)14(16)17/h2-6,9-10H,1,7H2,(H,13,15). The smallest absolute Gasteiger partial charge is 0.272 e. The van der Waals surface area contributed by atoms with Gasteiger partial charge in [0.05, 0.1) is 11.0 Å². The van der Waals surface area contributed by atoms with Crippen molar-refractivity contribution in [1.82, 2.24) is 5.32 Å². The Morgan fingerprint density at radius 1 is 1.47 bits per heavy atom. The van der Waals surface area contributed by atoms with Gasteiger partial charge in [-0.2, -0.15) is 0 Å². The molecule has 88 valence electrons. The first-order valence-corrected chi connectivity index (χ1v) is 5.28. The fourth-order valence-corrected chi connectivity index (χ4v) is 2.17. The number of nitrogens with zero attached hydrogens (tertiary/aromatic N) is 1. The number of nitro groups is 1. The summed E-state index contributed by atoms with van der Waals surface area (Å²) in [4.78, 5) is 21.9. The highest BCUT2D eigenvalue weighted by Gasteiger charge is 2.35. The first-order valence-electron chi connectivity index (χ1n) is 5.28. The van der Waals surface area contributed by atoms with Crippen LogP contribution < -0.4 is 5.32 Å². The fourth-order valence-electron chi connectivity index (χ4n) is 2.17. The van der Waals surface area contributed by atoms with E-state index in [0.29, 0.717) is 5.56 Å². The molecular weight excluding hydrogens is 220 g/mol. The largest absolute Gasteiger partial charge is 0.349 e. The molecule has 1 N–H and O–H groups in total. The minimum Gasteiger partial charge on any atom is -0.349 e. The van der Waals surface area contributed by atoms with Crippen LogP contribution in [0.15, 0.2) is 36.9 Å². The van der Waals surface area contributed by atoms with E-state index in [1.807, 2.05) is 0 Å². The lowest BCUT2D eigenvalue weighted by Crippen LogP contribution is -2.25. The number of hydrogen-bond donors (Lipinski definition) is 1. The Balaban J connectivity index is 2.43. The van der Waals surface area contributed by atoms with Crippen LogP contribution in [0.5, 0.6) is 0 Å². The lowest BCUT2D eigenvalue weighted by Gasteiger charge is -2.15. The zero-order valence-electron chi connectivity index (χ0n) is 9.13. The van der Waals surface area contributed by atoms with E-state index >= 15 is 0 Å². The summed E-state index contributed by atoms with van der Waals surface area (Å²) < 4.78 is 0. The summed E-state index contributed by atoms with van der Waals surface area (Å²) in [6, 6.07) is 6.28. The van der Waals surface area contributed by atoms with Gasteiger partial charge in [0.15, 0.2) is 0 Å². The second-order valence-corrected chi connectivity index (χ2v) is 3.96. The molecule has 0 saturated carbocycles. The summed E-state index contributed by atoms with van der Waals surface area (Å²) in [7, 11) is 0.